The molecule has 3 rings (SSSR count). The minimum Gasteiger partial charge on any atom is -0.326 e. The third-order valence-electron chi connectivity index (χ3n) is 3.72. The highest BCUT2D eigenvalue weighted by Gasteiger charge is 2.09. The minimum absolute atomic E-state index is 0.0312. The van der Waals surface area contributed by atoms with Crippen LogP contribution in [0.4, 0.5) is 5.69 Å². The first kappa shape index (κ1) is 17.7. The maximum atomic E-state index is 12.2. The number of nitrogens with one attached hydrogen (secondary N) is 1. The maximum Gasteiger partial charge on any atom is 0.231 e. The van der Waals surface area contributed by atoms with E-state index in [0.29, 0.717) is 6.42 Å². The van der Waals surface area contributed by atoms with Crippen LogP contribution in [-0.2, 0) is 17.0 Å². The van der Waals surface area contributed by atoms with Crippen molar-refractivity contribution >= 4 is 34.7 Å². The molecule has 0 saturated carbocycles. The van der Waals surface area contributed by atoms with Crippen molar-refractivity contribution in [3.8, 4) is 0 Å². The Morgan fingerprint density at radius 1 is 1.12 bits per heavy atom. The van der Waals surface area contributed by atoms with Gasteiger partial charge in [-0.2, -0.15) is 0 Å². The Labute approximate surface area is 156 Å². The van der Waals surface area contributed by atoms with Crippen LogP contribution >= 0.6 is 23.1 Å². The molecule has 0 spiro atoms. The number of amides is 1. The number of rotatable bonds is 6. The predicted molar refractivity (Wildman–Crippen MR) is 106 cm³/mol. The van der Waals surface area contributed by atoms with Crippen molar-refractivity contribution in [1.29, 1.82) is 0 Å². The summed E-state index contributed by atoms with van der Waals surface area (Å²) in [7, 11) is 0. The van der Waals surface area contributed by atoms with Crippen LogP contribution in [0.3, 0.4) is 0 Å². The molecule has 0 aliphatic carbocycles. The van der Waals surface area contributed by atoms with E-state index in [1.165, 1.54) is 16.0 Å². The second-order valence-corrected chi connectivity index (χ2v) is 7.84. The molecule has 3 aromatic rings. The van der Waals surface area contributed by atoms with Crippen LogP contribution in [-0.4, -0.2) is 10.9 Å². The molecule has 5 heteroatoms. The summed E-state index contributed by atoms with van der Waals surface area (Å²) < 4.78 is 0. The van der Waals surface area contributed by atoms with Crippen LogP contribution in [0, 0.1) is 13.8 Å². The number of carbonyl (C=O) groups is 1. The van der Waals surface area contributed by atoms with Gasteiger partial charge in [-0.15, -0.1) is 23.1 Å². The molecule has 0 atom stereocenters. The fourth-order valence-corrected chi connectivity index (χ4v) is 4.17. The van der Waals surface area contributed by atoms with Crippen molar-refractivity contribution < 1.29 is 4.79 Å². The molecule has 3 nitrogen and oxygen atoms in total. The Kier molecular flexibility index (Phi) is 5.89. The van der Waals surface area contributed by atoms with Crippen LogP contribution in [0.1, 0.15) is 21.8 Å². The standard InChI is InChI=1S/C20H20N2OS2/c1-14-7-9-16(10-8-14)21-19(23)11-20-22-17(13-25-20)12-24-18-6-4-3-5-15(18)2/h3-10,13H,11-12H2,1-2H3,(H,21,23). The van der Waals surface area contributed by atoms with Crippen molar-refractivity contribution in [3.05, 3.63) is 75.7 Å². The predicted octanol–water partition coefficient (Wildman–Crippen LogP) is 5.23. The van der Waals surface area contributed by atoms with E-state index < -0.39 is 0 Å². The Morgan fingerprint density at radius 2 is 1.88 bits per heavy atom. The van der Waals surface area contributed by atoms with E-state index in [1.807, 2.05) is 42.6 Å². The molecule has 2 aromatic carbocycles. The van der Waals surface area contributed by atoms with Gasteiger partial charge >= 0.3 is 0 Å². The number of carbonyl (C=O) groups excluding carboxylic acids is 1. The van der Waals surface area contributed by atoms with E-state index in [0.717, 1.165) is 22.1 Å². The Morgan fingerprint density at radius 3 is 2.64 bits per heavy atom. The lowest BCUT2D eigenvalue weighted by atomic mass is 10.2. The molecular weight excluding hydrogens is 348 g/mol. The summed E-state index contributed by atoms with van der Waals surface area (Å²) in [6, 6.07) is 16.1. The molecule has 0 radical (unpaired) electrons. The number of aryl methyl sites for hydroxylation is 2. The number of nitrogens with zero attached hydrogens (tertiary/aromatic N) is 1. The molecule has 1 heterocycles. The number of benzene rings is 2. The molecule has 0 saturated heterocycles. The van der Waals surface area contributed by atoms with Crippen molar-refractivity contribution in [1.82, 2.24) is 4.98 Å². The fourth-order valence-electron chi connectivity index (χ4n) is 2.35. The third-order valence-corrected chi connectivity index (χ3v) is 5.82. The normalized spacial score (nSPS) is 10.6. The van der Waals surface area contributed by atoms with E-state index in [1.54, 1.807) is 23.1 Å². The highest BCUT2D eigenvalue weighted by molar-refractivity contribution is 7.98. The lowest BCUT2D eigenvalue weighted by Gasteiger charge is -2.04. The SMILES string of the molecule is Cc1ccc(NC(=O)Cc2nc(CSc3ccccc3C)cs2)cc1. The average Bonchev–Trinajstić information content (AvgIpc) is 3.03. The highest BCUT2D eigenvalue weighted by atomic mass is 32.2. The zero-order valence-electron chi connectivity index (χ0n) is 14.3. The van der Waals surface area contributed by atoms with E-state index in [-0.39, 0.29) is 5.91 Å². The lowest BCUT2D eigenvalue weighted by Crippen LogP contribution is -2.14. The van der Waals surface area contributed by atoms with Crippen molar-refractivity contribution in [2.24, 2.45) is 0 Å². The molecule has 25 heavy (non-hydrogen) atoms. The molecule has 0 aliphatic rings. The second kappa shape index (κ2) is 8.32. The monoisotopic (exact) mass is 368 g/mol. The van der Waals surface area contributed by atoms with Gasteiger partial charge in [0.15, 0.2) is 0 Å². The summed E-state index contributed by atoms with van der Waals surface area (Å²) in [5, 5.41) is 5.81. The van der Waals surface area contributed by atoms with Crippen LogP contribution in [0.15, 0.2) is 58.8 Å². The van der Waals surface area contributed by atoms with Crippen LogP contribution in [0.5, 0.6) is 0 Å². The number of thiazole rings is 1. The number of hydrogen-bond acceptors (Lipinski definition) is 4. The third kappa shape index (κ3) is 5.18. The van der Waals surface area contributed by atoms with Crippen molar-refractivity contribution in [2.75, 3.05) is 5.32 Å². The lowest BCUT2D eigenvalue weighted by molar-refractivity contribution is -0.115. The quantitative estimate of drug-likeness (QED) is 0.606. The first-order chi connectivity index (χ1) is 12.1. The number of aromatic nitrogens is 1. The molecular formula is C20H20N2OS2. The summed E-state index contributed by atoms with van der Waals surface area (Å²) in [6.45, 7) is 4.14. The first-order valence-corrected chi connectivity index (χ1v) is 9.95. The highest BCUT2D eigenvalue weighted by Crippen LogP contribution is 2.26. The smallest absolute Gasteiger partial charge is 0.231 e. The molecule has 128 valence electrons. The molecule has 0 bridgehead atoms. The van der Waals surface area contributed by atoms with Crippen molar-refractivity contribution in [2.45, 2.75) is 30.9 Å². The van der Waals surface area contributed by atoms with Gasteiger partial charge < -0.3 is 5.32 Å². The van der Waals surface area contributed by atoms with Crippen LogP contribution in [0.2, 0.25) is 0 Å². The molecule has 0 aliphatic heterocycles. The van der Waals surface area contributed by atoms with Gasteiger partial charge in [0.2, 0.25) is 5.91 Å². The molecule has 0 unspecified atom stereocenters. The van der Waals surface area contributed by atoms with Crippen LogP contribution in [0.25, 0.3) is 0 Å². The van der Waals surface area contributed by atoms with E-state index in [9.17, 15) is 4.79 Å². The largest absolute Gasteiger partial charge is 0.326 e. The number of anilines is 1. The minimum atomic E-state index is -0.0312. The van der Waals surface area contributed by atoms with Gasteiger partial charge in [0.25, 0.3) is 0 Å². The van der Waals surface area contributed by atoms with Gasteiger partial charge in [0.05, 0.1) is 12.1 Å². The topological polar surface area (TPSA) is 42.0 Å². The molecule has 1 amide bonds. The maximum absolute atomic E-state index is 12.2. The number of thioether (sulfide) groups is 1. The molecule has 1 aromatic heterocycles. The number of hydrogen-bond donors (Lipinski definition) is 1. The fraction of sp³-hybridized carbons (Fsp3) is 0.200. The van der Waals surface area contributed by atoms with Gasteiger partial charge in [0, 0.05) is 21.7 Å². The summed E-state index contributed by atoms with van der Waals surface area (Å²) in [5.41, 5.74) is 4.30. The molecule has 1 N–H and O–H groups in total. The summed E-state index contributed by atoms with van der Waals surface area (Å²) in [5.74, 6) is 0.789. The Bertz CT molecular complexity index is 856. The van der Waals surface area contributed by atoms with Crippen LogP contribution < -0.4 is 5.32 Å². The van der Waals surface area contributed by atoms with Gasteiger partial charge in [-0.3, -0.25) is 4.79 Å². The van der Waals surface area contributed by atoms with Gasteiger partial charge in [-0.25, -0.2) is 4.98 Å². The van der Waals surface area contributed by atoms with Crippen molar-refractivity contribution in [3.63, 3.8) is 0 Å². The van der Waals surface area contributed by atoms with E-state index >= 15 is 0 Å². The van der Waals surface area contributed by atoms with Gasteiger partial charge in [0.1, 0.15) is 5.01 Å². The van der Waals surface area contributed by atoms with Gasteiger partial charge in [-0.1, -0.05) is 35.9 Å². The van der Waals surface area contributed by atoms with E-state index in [4.69, 9.17) is 0 Å². The van der Waals surface area contributed by atoms with Gasteiger partial charge in [-0.05, 0) is 37.6 Å². The Hall–Kier alpha value is -2.11. The second-order valence-electron chi connectivity index (χ2n) is 5.88. The Balaban J connectivity index is 1.53. The average molecular weight is 369 g/mol. The first-order valence-electron chi connectivity index (χ1n) is 8.08. The summed E-state index contributed by atoms with van der Waals surface area (Å²) in [4.78, 5) is 18.0. The molecule has 0 fully saturated rings. The zero-order chi connectivity index (χ0) is 17.6. The summed E-state index contributed by atoms with van der Waals surface area (Å²) in [6.07, 6.45) is 0.313. The zero-order valence-corrected chi connectivity index (χ0v) is 15.9. The van der Waals surface area contributed by atoms with E-state index in [2.05, 4.69) is 35.4 Å². The summed E-state index contributed by atoms with van der Waals surface area (Å²) >= 11 is 3.32.